The van der Waals surface area contributed by atoms with Crippen LogP contribution in [0.4, 0.5) is 4.39 Å². The summed E-state index contributed by atoms with van der Waals surface area (Å²) < 4.78 is 12.9. The summed E-state index contributed by atoms with van der Waals surface area (Å²) in [5.74, 6) is -0.0427. The van der Waals surface area contributed by atoms with Gasteiger partial charge >= 0.3 is 0 Å². The van der Waals surface area contributed by atoms with E-state index in [9.17, 15) is 9.50 Å². The SMILES string of the molecule is Cc1ccc(F)cc1CC(C)C(C)O. The maximum absolute atomic E-state index is 12.9. The topological polar surface area (TPSA) is 20.2 Å². The standard InChI is InChI=1S/C12H17FO/c1-8-4-5-12(13)7-11(8)6-9(2)10(3)14/h4-5,7,9-10,14H,6H2,1-3H3. The Bertz CT molecular complexity index is 307. The zero-order chi connectivity index (χ0) is 10.7. The molecule has 1 nitrogen and oxygen atoms in total. The summed E-state index contributed by atoms with van der Waals surface area (Å²) in [6.45, 7) is 5.69. The van der Waals surface area contributed by atoms with Crippen molar-refractivity contribution in [3.8, 4) is 0 Å². The van der Waals surface area contributed by atoms with Crippen LogP contribution in [0.5, 0.6) is 0 Å². The van der Waals surface area contributed by atoms with Crippen LogP contribution in [0, 0.1) is 18.7 Å². The maximum atomic E-state index is 12.9. The summed E-state index contributed by atoms with van der Waals surface area (Å²) in [6, 6.07) is 4.79. The van der Waals surface area contributed by atoms with Crippen LogP contribution in [0.15, 0.2) is 18.2 Å². The third-order valence-electron chi connectivity index (χ3n) is 2.68. The van der Waals surface area contributed by atoms with Gasteiger partial charge in [0.1, 0.15) is 5.82 Å². The molecule has 1 N–H and O–H groups in total. The average Bonchev–Trinajstić information content (AvgIpc) is 2.11. The lowest BCUT2D eigenvalue weighted by Crippen LogP contribution is -2.16. The van der Waals surface area contributed by atoms with E-state index in [1.54, 1.807) is 19.1 Å². The minimum Gasteiger partial charge on any atom is -0.393 e. The number of halogens is 1. The minimum atomic E-state index is -0.349. The van der Waals surface area contributed by atoms with Crippen molar-refractivity contribution in [2.45, 2.75) is 33.3 Å². The molecule has 0 radical (unpaired) electrons. The second kappa shape index (κ2) is 4.56. The monoisotopic (exact) mass is 196 g/mol. The largest absolute Gasteiger partial charge is 0.393 e. The number of hydrogen-bond acceptors (Lipinski definition) is 1. The molecule has 1 aromatic carbocycles. The first kappa shape index (κ1) is 11.2. The van der Waals surface area contributed by atoms with Gasteiger partial charge in [0.2, 0.25) is 0 Å². The van der Waals surface area contributed by atoms with Gasteiger partial charge in [-0.1, -0.05) is 13.0 Å². The molecule has 2 heteroatoms. The summed E-state index contributed by atoms with van der Waals surface area (Å²) in [5, 5.41) is 9.35. The molecule has 1 aromatic rings. The molecule has 0 heterocycles. The second-order valence-electron chi connectivity index (χ2n) is 3.99. The van der Waals surface area contributed by atoms with Crippen molar-refractivity contribution in [1.82, 2.24) is 0 Å². The lowest BCUT2D eigenvalue weighted by atomic mass is 9.94. The van der Waals surface area contributed by atoms with Gasteiger partial charge in [-0.3, -0.25) is 0 Å². The quantitative estimate of drug-likeness (QED) is 0.788. The molecular weight excluding hydrogens is 179 g/mol. The number of aliphatic hydroxyl groups is 1. The molecule has 0 saturated heterocycles. The van der Waals surface area contributed by atoms with E-state index in [0.29, 0.717) is 0 Å². The molecule has 0 spiro atoms. The van der Waals surface area contributed by atoms with Crippen molar-refractivity contribution in [2.75, 3.05) is 0 Å². The highest BCUT2D eigenvalue weighted by molar-refractivity contribution is 5.26. The van der Waals surface area contributed by atoms with Crippen LogP contribution in [-0.4, -0.2) is 11.2 Å². The molecule has 78 valence electrons. The highest BCUT2D eigenvalue weighted by Crippen LogP contribution is 2.16. The lowest BCUT2D eigenvalue weighted by Gasteiger charge is -2.15. The van der Waals surface area contributed by atoms with Crippen molar-refractivity contribution in [1.29, 1.82) is 0 Å². The normalized spacial score (nSPS) is 15.2. The fourth-order valence-corrected chi connectivity index (χ4v) is 1.38. The third kappa shape index (κ3) is 2.81. The average molecular weight is 196 g/mol. The van der Waals surface area contributed by atoms with E-state index in [-0.39, 0.29) is 17.8 Å². The van der Waals surface area contributed by atoms with E-state index in [1.165, 1.54) is 6.07 Å². The summed E-state index contributed by atoms with van der Waals surface area (Å²) in [4.78, 5) is 0. The van der Waals surface area contributed by atoms with Gasteiger partial charge in [-0.05, 0) is 49.4 Å². The Morgan fingerprint density at radius 2 is 2.00 bits per heavy atom. The summed E-state index contributed by atoms with van der Waals surface area (Å²) >= 11 is 0. The number of rotatable bonds is 3. The van der Waals surface area contributed by atoms with Gasteiger partial charge in [0, 0.05) is 0 Å². The molecule has 0 bridgehead atoms. The summed E-state index contributed by atoms with van der Waals surface area (Å²) in [6.07, 6.45) is 0.374. The molecule has 2 atom stereocenters. The highest BCUT2D eigenvalue weighted by Gasteiger charge is 2.11. The Morgan fingerprint density at radius 3 is 2.57 bits per heavy atom. The van der Waals surface area contributed by atoms with Crippen LogP contribution < -0.4 is 0 Å². The zero-order valence-electron chi connectivity index (χ0n) is 8.92. The van der Waals surface area contributed by atoms with E-state index < -0.39 is 0 Å². The molecule has 2 unspecified atom stereocenters. The zero-order valence-corrected chi connectivity index (χ0v) is 8.92. The van der Waals surface area contributed by atoms with Crippen molar-refractivity contribution in [3.63, 3.8) is 0 Å². The molecule has 0 aliphatic carbocycles. The first-order valence-corrected chi connectivity index (χ1v) is 4.94. The van der Waals surface area contributed by atoms with E-state index >= 15 is 0 Å². The smallest absolute Gasteiger partial charge is 0.123 e. The van der Waals surface area contributed by atoms with Gasteiger partial charge in [-0.25, -0.2) is 4.39 Å². The van der Waals surface area contributed by atoms with Crippen LogP contribution in [0.2, 0.25) is 0 Å². The Morgan fingerprint density at radius 1 is 1.36 bits per heavy atom. The minimum absolute atomic E-state index is 0.162. The van der Waals surface area contributed by atoms with E-state index in [4.69, 9.17) is 0 Å². The number of aryl methyl sites for hydroxylation is 1. The van der Waals surface area contributed by atoms with Crippen molar-refractivity contribution in [3.05, 3.63) is 35.1 Å². The number of hydrogen-bond donors (Lipinski definition) is 1. The molecule has 1 rings (SSSR count). The van der Waals surface area contributed by atoms with Crippen LogP contribution in [-0.2, 0) is 6.42 Å². The first-order valence-electron chi connectivity index (χ1n) is 4.94. The first-order chi connectivity index (χ1) is 6.50. The van der Waals surface area contributed by atoms with Gasteiger partial charge < -0.3 is 5.11 Å². The fourth-order valence-electron chi connectivity index (χ4n) is 1.38. The molecular formula is C12H17FO. The Hall–Kier alpha value is -0.890. The van der Waals surface area contributed by atoms with Crippen molar-refractivity contribution in [2.24, 2.45) is 5.92 Å². The summed E-state index contributed by atoms with van der Waals surface area (Å²) in [5.41, 5.74) is 2.07. The Balaban J connectivity index is 2.80. The predicted molar refractivity (Wildman–Crippen MR) is 55.7 cm³/mol. The third-order valence-corrected chi connectivity index (χ3v) is 2.68. The molecule has 0 aromatic heterocycles. The van der Waals surface area contributed by atoms with Gasteiger partial charge in [-0.15, -0.1) is 0 Å². The lowest BCUT2D eigenvalue weighted by molar-refractivity contribution is 0.135. The van der Waals surface area contributed by atoms with E-state index in [2.05, 4.69) is 0 Å². The fraction of sp³-hybridized carbons (Fsp3) is 0.500. The second-order valence-corrected chi connectivity index (χ2v) is 3.99. The number of benzene rings is 1. The molecule has 0 saturated carbocycles. The van der Waals surface area contributed by atoms with E-state index in [0.717, 1.165) is 17.5 Å². The van der Waals surface area contributed by atoms with Crippen LogP contribution >= 0.6 is 0 Å². The molecule has 0 amide bonds. The van der Waals surface area contributed by atoms with Crippen molar-refractivity contribution < 1.29 is 9.50 Å². The van der Waals surface area contributed by atoms with Gasteiger partial charge in [0.25, 0.3) is 0 Å². The molecule has 0 fully saturated rings. The summed E-state index contributed by atoms with van der Waals surface area (Å²) in [7, 11) is 0. The molecule has 14 heavy (non-hydrogen) atoms. The van der Waals surface area contributed by atoms with Crippen LogP contribution in [0.1, 0.15) is 25.0 Å². The maximum Gasteiger partial charge on any atom is 0.123 e. The Labute approximate surface area is 84.6 Å². The van der Waals surface area contributed by atoms with Crippen molar-refractivity contribution >= 4 is 0 Å². The van der Waals surface area contributed by atoms with Crippen LogP contribution in [0.25, 0.3) is 0 Å². The molecule has 0 aliphatic rings. The van der Waals surface area contributed by atoms with Gasteiger partial charge in [-0.2, -0.15) is 0 Å². The Kier molecular flexibility index (Phi) is 3.64. The van der Waals surface area contributed by atoms with E-state index in [1.807, 2.05) is 13.8 Å². The highest BCUT2D eigenvalue weighted by atomic mass is 19.1. The van der Waals surface area contributed by atoms with Gasteiger partial charge in [0.05, 0.1) is 6.10 Å². The van der Waals surface area contributed by atoms with Gasteiger partial charge in [0.15, 0.2) is 0 Å². The number of aliphatic hydroxyl groups excluding tert-OH is 1. The predicted octanol–water partition coefficient (Wildman–Crippen LogP) is 2.69. The molecule has 0 aliphatic heterocycles. The van der Waals surface area contributed by atoms with Crippen LogP contribution in [0.3, 0.4) is 0 Å².